The smallest absolute Gasteiger partial charge is 0.348 e. The second kappa shape index (κ2) is 4.70. The minimum Gasteiger partial charge on any atom is -0.366 e. The number of nitrogens with zero attached hydrogens (tertiary/aromatic N) is 3. The number of anilines is 1. The highest BCUT2D eigenvalue weighted by Gasteiger charge is 2.07. The average molecular weight is 231 g/mol. The Kier molecular flexibility index (Phi) is 3.10. The molecule has 0 amide bonds. The van der Waals surface area contributed by atoms with Crippen LogP contribution in [0.25, 0.3) is 5.65 Å². The lowest BCUT2D eigenvalue weighted by Crippen LogP contribution is -2.19. The molecule has 0 aliphatic rings. The Balaban J connectivity index is 2.25. The first-order valence-electron chi connectivity index (χ1n) is 5.37. The number of H-pyrrole nitrogens is 1. The molecule has 0 fully saturated rings. The number of hydrogen-bond acceptors (Lipinski definition) is 4. The Labute approximate surface area is 98.1 Å². The van der Waals surface area contributed by atoms with Gasteiger partial charge in [-0.1, -0.05) is 6.92 Å². The standard InChI is InChI=1S/C11H13N5O/c1-3-5-8(4-2)13-9-6-10-14-15-11(17)16(10)7-12-9/h1,6-8,13H,4-5H2,2H3,(H,15,17). The maximum absolute atomic E-state index is 11.2. The van der Waals surface area contributed by atoms with Crippen LogP contribution in [-0.2, 0) is 0 Å². The molecule has 6 nitrogen and oxygen atoms in total. The number of nitrogens with one attached hydrogen (secondary N) is 2. The first kappa shape index (κ1) is 11.2. The van der Waals surface area contributed by atoms with Gasteiger partial charge in [0, 0.05) is 18.5 Å². The molecule has 1 atom stereocenters. The predicted molar refractivity (Wildman–Crippen MR) is 64.8 cm³/mol. The van der Waals surface area contributed by atoms with Gasteiger partial charge in [-0.15, -0.1) is 12.3 Å². The van der Waals surface area contributed by atoms with Gasteiger partial charge in [-0.05, 0) is 6.42 Å². The number of aromatic nitrogens is 4. The minimum absolute atomic E-state index is 0.181. The third-order valence-electron chi connectivity index (χ3n) is 2.52. The molecule has 0 spiro atoms. The predicted octanol–water partition coefficient (Wildman–Crippen LogP) is 0.631. The monoisotopic (exact) mass is 231 g/mol. The summed E-state index contributed by atoms with van der Waals surface area (Å²) in [6.45, 7) is 2.05. The van der Waals surface area contributed by atoms with Crippen molar-refractivity contribution in [3.63, 3.8) is 0 Å². The Morgan fingerprint density at radius 2 is 2.53 bits per heavy atom. The van der Waals surface area contributed by atoms with Gasteiger partial charge in [0.2, 0.25) is 0 Å². The normalized spacial score (nSPS) is 12.2. The molecule has 17 heavy (non-hydrogen) atoms. The van der Waals surface area contributed by atoms with Crippen LogP contribution in [0, 0.1) is 12.3 Å². The van der Waals surface area contributed by atoms with Crippen molar-refractivity contribution in [2.75, 3.05) is 5.32 Å². The van der Waals surface area contributed by atoms with E-state index in [0.29, 0.717) is 17.9 Å². The average Bonchev–Trinajstić information content (AvgIpc) is 2.70. The van der Waals surface area contributed by atoms with Gasteiger partial charge in [-0.25, -0.2) is 19.3 Å². The van der Waals surface area contributed by atoms with Crippen molar-refractivity contribution in [2.45, 2.75) is 25.8 Å². The Morgan fingerprint density at radius 3 is 3.24 bits per heavy atom. The minimum atomic E-state index is -0.297. The van der Waals surface area contributed by atoms with E-state index in [2.05, 4.69) is 26.4 Å². The van der Waals surface area contributed by atoms with Crippen LogP contribution >= 0.6 is 0 Å². The number of fused-ring (bicyclic) bond motifs is 1. The SMILES string of the molecule is C#CCC(CC)Nc1cc2n[nH]c(=O)n2cn1. The van der Waals surface area contributed by atoms with Crippen molar-refractivity contribution >= 4 is 11.5 Å². The van der Waals surface area contributed by atoms with E-state index in [1.807, 2.05) is 6.92 Å². The summed E-state index contributed by atoms with van der Waals surface area (Å²) in [5.41, 5.74) is 0.234. The molecule has 0 aromatic carbocycles. The van der Waals surface area contributed by atoms with Crippen LogP contribution in [0.3, 0.4) is 0 Å². The molecule has 1 unspecified atom stereocenters. The summed E-state index contributed by atoms with van der Waals surface area (Å²) < 4.78 is 1.34. The van der Waals surface area contributed by atoms with Crippen LogP contribution in [0.2, 0.25) is 0 Å². The summed E-state index contributed by atoms with van der Waals surface area (Å²) in [6.07, 6.45) is 8.26. The van der Waals surface area contributed by atoms with Crippen LogP contribution < -0.4 is 11.0 Å². The highest BCUT2D eigenvalue weighted by molar-refractivity contribution is 5.48. The van der Waals surface area contributed by atoms with Crippen molar-refractivity contribution in [1.29, 1.82) is 0 Å². The molecule has 2 rings (SSSR count). The summed E-state index contributed by atoms with van der Waals surface area (Å²) >= 11 is 0. The van der Waals surface area contributed by atoms with E-state index in [9.17, 15) is 4.79 Å². The summed E-state index contributed by atoms with van der Waals surface area (Å²) in [5, 5.41) is 9.42. The van der Waals surface area contributed by atoms with Crippen molar-refractivity contribution in [3.05, 3.63) is 22.9 Å². The first-order valence-corrected chi connectivity index (χ1v) is 5.37. The van der Waals surface area contributed by atoms with E-state index in [4.69, 9.17) is 6.42 Å². The lowest BCUT2D eigenvalue weighted by Gasteiger charge is -2.14. The topological polar surface area (TPSA) is 75.1 Å². The van der Waals surface area contributed by atoms with E-state index in [-0.39, 0.29) is 11.7 Å². The maximum Gasteiger partial charge on any atom is 0.348 e. The third kappa shape index (κ3) is 2.28. The summed E-state index contributed by atoms with van der Waals surface area (Å²) in [4.78, 5) is 15.4. The summed E-state index contributed by atoms with van der Waals surface area (Å²) in [6, 6.07) is 1.89. The Hall–Kier alpha value is -2.29. The fourth-order valence-corrected chi connectivity index (χ4v) is 1.54. The zero-order chi connectivity index (χ0) is 12.3. The molecule has 0 bridgehead atoms. The van der Waals surface area contributed by atoms with Gasteiger partial charge in [0.15, 0.2) is 5.65 Å². The lowest BCUT2D eigenvalue weighted by atomic mass is 10.1. The summed E-state index contributed by atoms with van der Waals surface area (Å²) in [7, 11) is 0. The number of terminal acetylenes is 1. The zero-order valence-corrected chi connectivity index (χ0v) is 9.47. The molecule has 0 aliphatic carbocycles. The van der Waals surface area contributed by atoms with Gasteiger partial charge >= 0.3 is 5.69 Å². The van der Waals surface area contributed by atoms with Crippen LogP contribution in [0.1, 0.15) is 19.8 Å². The van der Waals surface area contributed by atoms with Crippen LogP contribution in [0.5, 0.6) is 0 Å². The fourth-order valence-electron chi connectivity index (χ4n) is 1.54. The maximum atomic E-state index is 11.2. The van der Waals surface area contributed by atoms with Crippen LogP contribution in [-0.4, -0.2) is 25.6 Å². The van der Waals surface area contributed by atoms with E-state index >= 15 is 0 Å². The van der Waals surface area contributed by atoms with Gasteiger partial charge in [-0.3, -0.25) is 0 Å². The van der Waals surface area contributed by atoms with E-state index in [1.165, 1.54) is 10.7 Å². The van der Waals surface area contributed by atoms with Crippen LogP contribution in [0.4, 0.5) is 5.82 Å². The van der Waals surface area contributed by atoms with E-state index < -0.39 is 0 Å². The van der Waals surface area contributed by atoms with Crippen LogP contribution in [0.15, 0.2) is 17.2 Å². The van der Waals surface area contributed by atoms with Gasteiger partial charge in [0.05, 0.1) is 0 Å². The molecule has 2 aromatic rings. The van der Waals surface area contributed by atoms with Gasteiger partial charge < -0.3 is 5.32 Å². The molecule has 2 aromatic heterocycles. The zero-order valence-electron chi connectivity index (χ0n) is 9.47. The van der Waals surface area contributed by atoms with E-state index in [0.717, 1.165) is 6.42 Å². The molecule has 0 aliphatic heterocycles. The fraction of sp³-hybridized carbons (Fsp3) is 0.364. The molecule has 6 heteroatoms. The van der Waals surface area contributed by atoms with Crippen molar-refractivity contribution in [2.24, 2.45) is 0 Å². The highest BCUT2D eigenvalue weighted by Crippen LogP contribution is 2.09. The number of aromatic amines is 1. The van der Waals surface area contributed by atoms with Crippen molar-refractivity contribution in [1.82, 2.24) is 19.6 Å². The Bertz CT molecular complexity index is 606. The molecule has 0 radical (unpaired) electrons. The molecule has 88 valence electrons. The Morgan fingerprint density at radius 1 is 1.71 bits per heavy atom. The summed E-state index contributed by atoms with van der Waals surface area (Å²) in [5.74, 6) is 3.28. The lowest BCUT2D eigenvalue weighted by molar-refractivity contribution is 0.711. The highest BCUT2D eigenvalue weighted by atomic mass is 16.1. The number of rotatable bonds is 4. The number of hydrogen-bond donors (Lipinski definition) is 2. The molecular weight excluding hydrogens is 218 g/mol. The van der Waals surface area contributed by atoms with Gasteiger partial charge in [-0.2, -0.15) is 5.10 Å². The first-order chi connectivity index (χ1) is 8.24. The largest absolute Gasteiger partial charge is 0.366 e. The molecule has 0 saturated carbocycles. The van der Waals surface area contributed by atoms with Crippen molar-refractivity contribution < 1.29 is 0 Å². The van der Waals surface area contributed by atoms with Gasteiger partial charge in [0.25, 0.3) is 0 Å². The molecule has 0 saturated heterocycles. The second-order valence-electron chi connectivity index (χ2n) is 3.69. The van der Waals surface area contributed by atoms with Gasteiger partial charge in [0.1, 0.15) is 12.1 Å². The van der Waals surface area contributed by atoms with Crippen molar-refractivity contribution in [3.8, 4) is 12.3 Å². The quantitative estimate of drug-likeness (QED) is 0.757. The molecule has 2 N–H and O–H groups in total. The van der Waals surface area contributed by atoms with E-state index in [1.54, 1.807) is 6.07 Å². The molecule has 2 heterocycles. The molecular formula is C11H13N5O. The second-order valence-corrected chi connectivity index (χ2v) is 3.69. The third-order valence-corrected chi connectivity index (χ3v) is 2.52.